The Kier molecular flexibility index (Phi) is 5.80. The molecule has 0 unspecified atom stereocenters. The van der Waals surface area contributed by atoms with Crippen molar-refractivity contribution in [1.82, 2.24) is 15.2 Å². The molecule has 1 aliphatic rings. The molecule has 1 aromatic carbocycles. The van der Waals surface area contributed by atoms with E-state index in [1.807, 2.05) is 44.3 Å². The summed E-state index contributed by atoms with van der Waals surface area (Å²) in [7, 11) is 1.85. The Morgan fingerprint density at radius 1 is 1.26 bits per heavy atom. The predicted octanol–water partition coefficient (Wildman–Crippen LogP) is 2.90. The Bertz CT molecular complexity index is 651. The zero-order chi connectivity index (χ0) is 15.5. The van der Waals surface area contributed by atoms with Crippen LogP contribution < -0.4 is 5.32 Å². The molecule has 1 fully saturated rings. The van der Waals surface area contributed by atoms with E-state index in [2.05, 4.69) is 10.3 Å². The van der Waals surface area contributed by atoms with E-state index >= 15 is 0 Å². The summed E-state index contributed by atoms with van der Waals surface area (Å²) in [6.07, 6.45) is 1.95. The lowest BCUT2D eigenvalue weighted by molar-refractivity contribution is 0.0671. The Labute approximate surface area is 142 Å². The van der Waals surface area contributed by atoms with Crippen molar-refractivity contribution >= 4 is 18.3 Å². The molecule has 1 aromatic heterocycles. The zero-order valence-corrected chi connectivity index (χ0v) is 14.2. The van der Waals surface area contributed by atoms with Crippen LogP contribution in [0.1, 0.15) is 29.1 Å². The van der Waals surface area contributed by atoms with Crippen LogP contribution in [0.2, 0.25) is 0 Å². The van der Waals surface area contributed by atoms with Gasteiger partial charge in [0, 0.05) is 18.7 Å². The molecule has 1 aliphatic heterocycles. The smallest absolute Gasteiger partial charge is 0.291 e. The molecule has 1 saturated heterocycles. The highest BCUT2D eigenvalue weighted by molar-refractivity contribution is 5.93. The minimum atomic E-state index is -0.0842. The second-order valence-electron chi connectivity index (χ2n) is 5.70. The van der Waals surface area contributed by atoms with Gasteiger partial charge in [0.25, 0.3) is 5.91 Å². The summed E-state index contributed by atoms with van der Waals surface area (Å²) in [5.74, 6) is 0.763. The highest BCUT2D eigenvalue weighted by atomic mass is 35.5. The third-order valence-corrected chi connectivity index (χ3v) is 4.19. The number of hydrogen-bond donors (Lipinski definition) is 1. The number of oxazole rings is 1. The lowest BCUT2D eigenvalue weighted by atomic mass is 10.1. The maximum Gasteiger partial charge on any atom is 0.291 e. The molecule has 0 saturated carbocycles. The van der Waals surface area contributed by atoms with Gasteiger partial charge in [0.05, 0.1) is 5.69 Å². The van der Waals surface area contributed by atoms with Crippen molar-refractivity contribution in [3.05, 3.63) is 41.8 Å². The first kappa shape index (κ1) is 17.5. The van der Waals surface area contributed by atoms with E-state index in [1.54, 1.807) is 4.90 Å². The van der Waals surface area contributed by atoms with Crippen molar-refractivity contribution in [2.75, 3.05) is 20.1 Å². The number of aromatic nitrogens is 1. The van der Waals surface area contributed by atoms with Crippen LogP contribution in [0.4, 0.5) is 0 Å². The number of carbonyl (C=O) groups is 1. The van der Waals surface area contributed by atoms with Gasteiger partial charge in [-0.2, -0.15) is 0 Å². The molecule has 0 spiro atoms. The predicted molar refractivity (Wildman–Crippen MR) is 91.9 cm³/mol. The summed E-state index contributed by atoms with van der Waals surface area (Å²) in [5, 5.41) is 3.31. The summed E-state index contributed by atoms with van der Waals surface area (Å²) in [4.78, 5) is 18.9. The second kappa shape index (κ2) is 7.62. The van der Waals surface area contributed by atoms with Crippen molar-refractivity contribution in [2.24, 2.45) is 0 Å². The van der Waals surface area contributed by atoms with Crippen molar-refractivity contribution in [1.29, 1.82) is 0 Å². The molecule has 0 atom stereocenters. The maximum absolute atomic E-state index is 12.7. The maximum atomic E-state index is 12.7. The number of halogens is 1. The van der Waals surface area contributed by atoms with Crippen molar-refractivity contribution in [2.45, 2.75) is 25.8 Å². The number of rotatable bonds is 3. The average molecular weight is 336 g/mol. The van der Waals surface area contributed by atoms with E-state index in [1.165, 1.54) is 0 Å². The summed E-state index contributed by atoms with van der Waals surface area (Å²) < 4.78 is 5.76. The summed E-state index contributed by atoms with van der Waals surface area (Å²) in [6.45, 7) is 3.72. The number of carbonyl (C=O) groups excluding carboxylic acids is 1. The fourth-order valence-corrected chi connectivity index (χ4v) is 2.82. The fourth-order valence-electron chi connectivity index (χ4n) is 2.82. The molecular weight excluding hydrogens is 314 g/mol. The normalized spacial score (nSPS) is 15.0. The van der Waals surface area contributed by atoms with Gasteiger partial charge in [0.2, 0.25) is 11.7 Å². The monoisotopic (exact) mass is 335 g/mol. The number of nitrogens with zero attached hydrogens (tertiary/aromatic N) is 2. The van der Waals surface area contributed by atoms with Crippen molar-refractivity contribution in [3.63, 3.8) is 0 Å². The van der Waals surface area contributed by atoms with E-state index in [0.29, 0.717) is 17.3 Å². The zero-order valence-electron chi connectivity index (χ0n) is 13.4. The van der Waals surface area contributed by atoms with Crippen LogP contribution in [0.5, 0.6) is 0 Å². The molecule has 0 aliphatic carbocycles. The van der Waals surface area contributed by atoms with Gasteiger partial charge < -0.3 is 14.6 Å². The number of nitrogens with one attached hydrogen (secondary N) is 1. The van der Waals surface area contributed by atoms with Gasteiger partial charge >= 0.3 is 0 Å². The molecular formula is C17H22ClN3O2. The van der Waals surface area contributed by atoms with Gasteiger partial charge in [-0.05, 0) is 45.0 Å². The Hall–Kier alpha value is -1.85. The number of benzene rings is 1. The second-order valence-corrected chi connectivity index (χ2v) is 5.70. The fraction of sp³-hybridized carbons (Fsp3) is 0.412. The lowest BCUT2D eigenvalue weighted by Crippen LogP contribution is -2.44. The van der Waals surface area contributed by atoms with E-state index in [0.717, 1.165) is 31.5 Å². The van der Waals surface area contributed by atoms with Gasteiger partial charge in [0.1, 0.15) is 0 Å². The highest BCUT2D eigenvalue weighted by Gasteiger charge is 2.27. The van der Waals surface area contributed by atoms with Crippen molar-refractivity contribution < 1.29 is 9.21 Å². The van der Waals surface area contributed by atoms with E-state index < -0.39 is 0 Å². The van der Waals surface area contributed by atoms with Crippen LogP contribution in [0.15, 0.2) is 34.7 Å². The lowest BCUT2D eigenvalue weighted by Gasteiger charge is -2.31. The molecule has 0 radical (unpaired) electrons. The summed E-state index contributed by atoms with van der Waals surface area (Å²) in [6, 6.07) is 9.91. The standard InChI is InChI=1S/C17H21N3O2.ClH/c1-12-15(17(21)20(2)14-8-10-18-11-9-14)22-16(19-12)13-6-4-3-5-7-13;/h3-7,14,18H,8-11H2,1-2H3;1H. The third kappa shape index (κ3) is 3.74. The first-order valence-electron chi connectivity index (χ1n) is 7.67. The Morgan fingerprint density at radius 2 is 1.91 bits per heavy atom. The number of piperidine rings is 1. The van der Waals surface area contributed by atoms with Gasteiger partial charge in [-0.25, -0.2) is 4.98 Å². The minimum Gasteiger partial charge on any atom is -0.431 e. The molecule has 124 valence electrons. The van der Waals surface area contributed by atoms with Gasteiger partial charge in [-0.3, -0.25) is 4.79 Å². The highest BCUT2D eigenvalue weighted by Crippen LogP contribution is 2.23. The van der Waals surface area contributed by atoms with Crippen molar-refractivity contribution in [3.8, 4) is 11.5 Å². The first-order valence-corrected chi connectivity index (χ1v) is 7.67. The molecule has 2 heterocycles. The quantitative estimate of drug-likeness (QED) is 0.937. The van der Waals surface area contributed by atoms with E-state index in [-0.39, 0.29) is 24.4 Å². The molecule has 5 nitrogen and oxygen atoms in total. The third-order valence-electron chi connectivity index (χ3n) is 4.19. The van der Waals surface area contributed by atoms with Gasteiger partial charge in [-0.15, -0.1) is 12.4 Å². The number of amides is 1. The van der Waals surface area contributed by atoms with E-state index in [4.69, 9.17) is 4.42 Å². The molecule has 3 rings (SSSR count). The molecule has 1 amide bonds. The Balaban J connectivity index is 0.00000192. The van der Waals surface area contributed by atoms with Crippen LogP contribution in [0.25, 0.3) is 11.5 Å². The average Bonchev–Trinajstić information content (AvgIpc) is 2.97. The molecule has 6 heteroatoms. The minimum absolute atomic E-state index is 0. The molecule has 2 aromatic rings. The summed E-state index contributed by atoms with van der Waals surface area (Å²) in [5.41, 5.74) is 1.53. The van der Waals surface area contributed by atoms with Crippen LogP contribution in [-0.4, -0.2) is 42.0 Å². The molecule has 1 N–H and O–H groups in total. The first-order chi connectivity index (χ1) is 10.7. The van der Waals surface area contributed by atoms with E-state index in [9.17, 15) is 4.79 Å². The molecule has 0 bridgehead atoms. The SMILES string of the molecule is Cc1nc(-c2ccccc2)oc1C(=O)N(C)C1CCNCC1.Cl. The van der Waals surface area contributed by atoms with Crippen LogP contribution in [0.3, 0.4) is 0 Å². The topological polar surface area (TPSA) is 58.4 Å². The van der Waals surface area contributed by atoms with Crippen LogP contribution in [0, 0.1) is 6.92 Å². The van der Waals surface area contributed by atoms with Crippen LogP contribution >= 0.6 is 12.4 Å². The largest absolute Gasteiger partial charge is 0.431 e. The summed E-state index contributed by atoms with van der Waals surface area (Å²) >= 11 is 0. The van der Waals surface area contributed by atoms with Gasteiger partial charge in [-0.1, -0.05) is 18.2 Å². The van der Waals surface area contributed by atoms with Gasteiger partial charge in [0.15, 0.2) is 0 Å². The van der Waals surface area contributed by atoms with Crippen LogP contribution in [-0.2, 0) is 0 Å². The number of hydrogen-bond acceptors (Lipinski definition) is 4. The molecule has 23 heavy (non-hydrogen) atoms. The Morgan fingerprint density at radius 3 is 2.57 bits per heavy atom. The number of aryl methyl sites for hydroxylation is 1.